The second-order valence-corrected chi connectivity index (χ2v) is 14.4. The van der Waals surface area contributed by atoms with Gasteiger partial charge in [-0.05, 0) is 110 Å². The van der Waals surface area contributed by atoms with Crippen LogP contribution < -0.4 is 4.74 Å². The fourth-order valence-electron chi connectivity index (χ4n) is 6.86. The van der Waals surface area contributed by atoms with Crippen LogP contribution in [0.5, 0.6) is 11.5 Å². The Balaban J connectivity index is 1.30. The normalized spacial score (nSPS) is 12.0. The number of benzene rings is 4. The Bertz CT molecular complexity index is 2270. The van der Waals surface area contributed by atoms with Gasteiger partial charge in [0.05, 0.1) is 22.4 Å². The maximum atomic E-state index is 6.61. The van der Waals surface area contributed by atoms with Gasteiger partial charge in [-0.3, -0.25) is 4.57 Å². The summed E-state index contributed by atoms with van der Waals surface area (Å²) in [7, 11) is 0. The molecule has 7 aromatic rings. The highest BCUT2D eigenvalue weighted by atomic mass is 16.5. The van der Waals surface area contributed by atoms with Crippen molar-refractivity contribution in [3.05, 3.63) is 132 Å². The molecule has 0 spiro atoms. The molecule has 0 aliphatic carbocycles. The summed E-state index contributed by atoms with van der Waals surface area (Å²) in [6.07, 6.45) is 5.20. The zero-order chi connectivity index (χ0) is 34.3. The molecule has 7 rings (SSSR count). The van der Waals surface area contributed by atoms with Gasteiger partial charge in [0.2, 0.25) is 0 Å². The Morgan fingerprint density at radius 1 is 0.776 bits per heavy atom. The molecule has 0 amide bonds. The quantitative estimate of drug-likeness (QED) is 0.149. The number of fused-ring (bicyclic) bond motifs is 3. The summed E-state index contributed by atoms with van der Waals surface area (Å²) in [6.45, 7) is 15.7. The smallest absolute Gasteiger partial charge is 0.137 e. The molecular weight excluding hydrogens is 601 g/mol. The van der Waals surface area contributed by atoms with Gasteiger partial charge in [-0.1, -0.05) is 77.1 Å². The minimum atomic E-state index is 0.0824. The third-order valence-corrected chi connectivity index (χ3v) is 10.1. The highest BCUT2D eigenvalue weighted by molar-refractivity contribution is 6.09. The molecule has 3 heterocycles. The van der Waals surface area contributed by atoms with Gasteiger partial charge >= 0.3 is 0 Å². The molecule has 0 fully saturated rings. The summed E-state index contributed by atoms with van der Waals surface area (Å²) in [5.41, 5.74) is 10.4. The number of rotatable bonds is 10. The van der Waals surface area contributed by atoms with E-state index < -0.39 is 0 Å². The fourth-order valence-corrected chi connectivity index (χ4v) is 6.86. The monoisotopic (exact) mass is 646 g/mol. The molecule has 248 valence electrons. The number of hydrogen-bond donors (Lipinski definition) is 0. The van der Waals surface area contributed by atoms with Crippen molar-refractivity contribution in [1.82, 2.24) is 19.3 Å². The Morgan fingerprint density at radius 2 is 1.57 bits per heavy atom. The largest absolute Gasteiger partial charge is 0.457 e. The van der Waals surface area contributed by atoms with Gasteiger partial charge in [0.1, 0.15) is 17.3 Å². The lowest BCUT2D eigenvalue weighted by atomic mass is 9.82. The van der Waals surface area contributed by atoms with Crippen LogP contribution >= 0.6 is 0 Å². The van der Waals surface area contributed by atoms with Crippen molar-refractivity contribution in [3.63, 3.8) is 0 Å². The summed E-state index contributed by atoms with van der Waals surface area (Å²) in [6, 6.07) is 36.4. The van der Waals surface area contributed by atoms with Crippen molar-refractivity contribution in [3.8, 4) is 34.1 Å². The van der Waals surface area contributed by atoms with Crippen LogP contribution in [0.3, 0.4) is 0 Å². The van der Waals surface area contributed by atoms with Crippen LogP contribution in [-0.2, 0) is 11.8 Å². The van der Waals surface area contributed by atoms with Crippen LogP contribution in [0.4, 0.5) is 0 Å². The highest BCUT2D eigenvalue weighted by Crippen LogP contribution is 2.38. The molecule has 5 heteroatoms. The van der Waals surface area contributed by atoms with Crippen molar-refractivity contribution in [2.45, 2.75) is 73.1 Å². The molecule has 3 aromatic heterocycles. The predicted molar refractivity (Wildman–Crippen MR) is 204 cm³/mol. The van der Waals surface area contributed by atoms with Gasteiger partial charge in [0, 0.05) is 40.4 Å². The Kier molecular flexibility index (Phi) is 8.62. The number of nitrogens with zero attached hydrogens (tertiary/aromatic N) is 4. The first-order valence-electron chi connectivity index (χ1n) is 17.6. The second kappa shape index (κ2) is 13.0. The van der Waals surface area contributed by atoms with Crippen LogP contribution in [0.15, 0.2) is 109 Å². The van der Waals surface area contributed by atoms with Gasteiger partial charge in [0.25, 0.3) is 0 Å². The Hall–Kier alpha value is -5.16. The lowest BCUT2D eigenvalue weighted by Gasteiger charge is -2.23. The SMILES string of the molecule is CCC(C)(C)c1ccc2c(c1)c1ccc(Oc3cccc(-n4nc(C)c(-c5ccccc5)c4C)c3)cc1n2-c1cc(CCC(C)C)ccn1. The molecule has 0 saturated heterocycles. The van der Waals surface area contributed by atoms with E-state index in [2.05, 4.69) is 138 Å². The molecule has 0 bridgehead atoms. The van der Waals surface area contributed by atoms with Crippen LogP contribution in [0.25, 0.3) is 44.4 Å². The predicted octanol–water partition coefficient (Wildman–Crippen LogP) is 11.7. The molecule has 4 aromatic carbocycles. The maximum Gasteiger partial charge on any atom is 0.137 e. The van der Waals surface area contributed by atoms with E-state index >= 15 is 0 Å². The highest BCUT2D eigenvalue weighted by Gasteiger charge is 2.22. The third kappa shape index (κ3) is 6.26. The average molecular weight is 647 g/mol. The number of pyridine rings is 1. The summed E-state index contributed by atoms with van der Waals surface area (Å²) in [4.78, 5) is 4.91. The number of hydrogen-bond acceptors (Lipinski definition) is 3. The number of aryl methyl sites for hydroxylation is 2. The molecule has 5 nitrogen and oxygen atoms in total. The van der Waals surface area contributed by atoms with Crippen molar-refractivity contribution in [2.75, 3.05) is 0 Å². The first-order valence-corrected chi connectivity index (χ1v) is 17.6. The molecule has 0 unspecified atom stereocenters. The van der Waals surface area contributed by atoms with Crippen molar-refractivity contribution in [1.29, 1.82) is 0 Å². The minimum Gasteiger partial charge on any atom is -0.457 e. The van der Waals surface area contributed by atoms with E-state index in [1.165, 1.54) is 27.5 Å². The zero-order valence-corrected chi connectivity index (χ0v) is 29.8. The van der Waals surface area contributed by atoms with Gasteiger partial charge in [-0.25, -0.2) is 9.67 Å². The standard InChI is InChI=1S/C44H46N4O/c1-8-44(6,7)34-19-22-40-39(26-34)38-21-20-37(28-41(38)47(40)42-25-32(23-24-45-42)18-17-29(2)3)49-36-16-12-15-35(27-36)48-31(5)43(30(4)46-48)33-13-10-9-11-14-33/h9-16,19-29H,8,17-18H2,1-7H3. The lowest BCUT2D eigenvalue weighted by Crippen LogP contribution is -2.15. The number of ether oxygens (including phenoxy) is 1. The van der Waals surface area contributed by atoms with E-state index in [9.17, 15) is 0 Å². The molecule has 0 saturated carbocycles. The van der Waals surface area contributed by atoms with Gasteiger partial charge < -0.3 is 4.74 Å². The van der Waals surface area contributed by atoms with Gasteiger partial charge in [0.15, 0.2) is 0 Å². The minimum absolute atomic E-state index is 0.0824. The fraction of sp³-hybridized carbons (Fsp3) is 0.273. The first kappa shape index (κ1) is 32.4. The first-order chi connectivity index (χ1) is 23.6. The summed E-state index contributed by atoms with van der Waals surface area (Å²) >= 11 is 0. The summed E-state index contributed by atoms with van der Waals surface area (Å²) in [5.74, 6) is 3.11. The molecular formula is C44H46N4O. The molecule has 49 heavy (non-hydrogen) atoms. The van der Waals surface area contributed by atoms with Crippen LogP contribution in [0.1, 0.15) is 70.0 Å². The summed E-state index contributed by atoms with van der Waals surface area (Å²) < 4.78 is 10.9. The van der Waals surface area contributed by atoms with E-state index in [0.717, 1.165) is 70.3 Å². The van der Waals surface area contributed by atoms with Gasteiger partial charge in [-0.2, -0.15) is 5.10 Å². The van der Waals surface area contributed by atoms with E-state index in [-0.39, 0.29) is 5.41 Å². The van der Waals surface area contributed by atoms with Crippen molar-refractivity contribution in [2.24, 2.45) is 5.92 Å². The van der Waals surface area contributed by atoms with Crippen molar-refractivity contribution >= 4 is 21.8 Å². The molecule has 0 aliphatic heterocycles. The van der Waals surface area contributed by atoms with Crippen LogP contribution in [0.2, 0.25) is 0 Å². The topological polar surface area (TPSA) is 44.9 Å². The molecule has 0 N–H and O–H groups in total. The van der Waals surface area contributed by atoms with Crippen LogP contribution in [-0.4, -0.2) is 19.3 Å². The van der Waals surface area contributed by atoms with Crippen molar-refractivity contribution < 1.29 is 4.74 Å². The lowest BCUT2D eigenvalue weighted by molar-refractivity contribution is 0.482. The molecule has 0 atom stereocenters. The maximum absolute atomic E-state index is 6.61. The Morgan fingerprint density at radius 3 is 2.35 bits per heavy atom. The third-order valence-electron chi connectivity index (χ3n) is 10.1. The van der Waals surface area contributed by atoms with E-state index in [1.54, 1.807) is 0 Å². The van der Waals surface area contributed by atoms with Gasteiger partial charge in [-0.15, -0.1) is 0 Å². The van der Waals surface area contributed by atoms with E-state index in [4.69, 9.17) is 14.8 Å². The average Bonchev–Trinajstić information content (AvgIpc) is 3.59. The van der Waals surface area contributed by atoms with Crippen LogP contribution in [0, 0.1) is 19.8 Å². The van der Waals surface area contributed by atoms with E-state index in [0.29, 0.717) is 5.92 Å². The second-order valence-electron chi connectivity index (χ2n) is 14.4. The number of aromatic nitrogens is 4. The van der Waals surface area contributed by atoms with E-state index in [1.807, 2.05) is 29.1 Å². The zero-order valence-electron chi connectivity index (χ0n) is 29.8. The Labute approximate surface area is 290 Å². The summed E-state index contributed by atoms with van der Waals surface area (Å²) in [5, 5.41) is 7.35. The molecule has 0 radical (unpaired) electrons. The molecule has 0 aliphatic rings.